The highest BCUT2D eigenvalue weighted by atomic mass is 32.1. The zero-order valence-electron chi connectivity index (χ0n) is 23.0. The van der Waals surface area contributed by atoms with Gasteiger partial charge in [0.15, 0.2) is 16.5 Å². The number of amides is 1. The van der Waals surface area contributed by atoms with Gasteiger partial charge in [0, 0.05) is 23.4 Å². The van der Waals surface area contributed by atoms with Gasteiger partial charge in [-0.15, -0.1) is 21.6 Å². The van der Waals surface area contributed by atoms with Crippen molar-refractivity contribution in [1.82, 2.24) is 0 Å². The number of aryl methyl sites for hydroxylation is 2. The first-order chi connectivity index (χ1) is 19.5. The number of aliphatic hydroxyl groups is 1. The molecule has 0 fully saturated rings. The summed E-state index contributed by atoms with van der Waals surface area (Å²) in [6.07, 6.45) is 0. The molecule has 0 saturated heterocycles. The monoisotopic (exact) mass is 580 g/mol. The van der Waals surface area contributed by atoms with Crippen LogP contribution in [0.1, 0.15) is 56.1 Å². The summed E-state index contributed by atoms with van der Waals surface area (Å²) in [5, 5.41) is 32.8. The first kappa shape index (κ1) is 30.6. The van der Waals surface area contributed by atoms with Crippen LogP contribution in [0.5, 0.6) is 0 Å². The minimum atomic E-state index is -0.840. The van der Waals surface area contributed by atoms with Gasteiger partial charge in [0.2, 0.25) is 0 Å². The van der Waals surface area contributed by atoms with Crippen LogP contribution < -0.4 is 5.32 Å². The lowest BCUT2D eigenvalue weighted by molar-refractivity contribution is -0.384. The van der Waals surface area contributed by atoms with E-state index < -0.39 is 34.2 Å². The summed E-state index contributed by atoms with van der Waals surface area (Å²) in [5.41, 5.74) is 1.71. The number of nitrogens with one attached hydrogen (secondary N) is 1. The Morgan fingerprint density at radius 3 is 2.22 bits per heavy atom. The molecule has 3 rings (SSSR count). The molecule has 0 radical (unpaired) electrons. The van der Waals surface area contributed by atoms with E-state index in [0.29, 0.717) is 5.69 Å². The van der Waals surface area contributed by atoms with Crippen molar-refractivity contribution in [2.24, 2.45) is 10.2 Å². The number of aliphatic hydroxyl groups excluding tert-OH is 1. The van der Waals surface area contributed by atoms with E-state index in [1.807, 2.05) is 13.0 Å². The molecule has 0 aliphatic heterocycles. The maximum absolute atomic E-state index is 13.4. The van der Waals surface area contributed by atoms with Crippen LogP contribution in [0.3, 0.4) is 0 Å². The molecule has 214 valence electrons. The van der Waals surface area contributed by atoms with Gasteiger partial charge in [0.05, 0.1) is 18.1 Å². The Morgan fingerprint density at radius 2 is 1.63 bits per heavy atom. The van der Waals surface area contributed by atoms with Crippen molar-refractivity contribution >= 4 is 51.3 Å². The molecule has 0 spiro atoms. The van der Waals surface area contributed by atoms with Gasteiger partial charge in [-0.3, -0.25) is 14.9 Å². The molecular formula is C28H28N4O8S. The van der Waals surface area contributed by atoms with Gasteiger partial charge in [-0.1, -0.05) is 17.7 Å². The zero-order chi connectivity index (χ0) is 30.3. The summed E-state index contributed by atoms with van der Waals surface area (Å²) in [4.78, 5) is 49.2. The Labute approximate surface area is 239 Å². The number of nitro groups is 1. The topological polar surface area (TPSA) is 170 Å². The van der Waals surface area contributed by atoms with Crippen LogP contribution in [0.25, 0.3) is 5.76 Å². The number of nitro benzene ring substituents is 1. The van der Waals surface area contributed by atoms with E-state index in [1.165, 1.54) is 19.1 Å². The van der Waals surface area contributed by atoms with Crippen molar-refractivity contribution in [2.45, 2.75) is 34.6 Å². The predicted molar refractivity (Wildman–Crippen MR) is 153 cm³/mol. The molecule has 3 aromatic rings. The van der Waals surface area contributed by atoms with Gasteiger partial charge >= 0.3 is 11.9 Å². The summed E-state index contributed by atoms with van der Waals surface area (Å²) in [6, 6.07) is 10.2. The molecular weight excluding hydrogens is 552 g/mol. The number of carbonyl (C=O) groups is 3. The molecule has 0 bridgehead atoms. The summed E-state index contributed by atoms with van der Waals surface area (Å²) in [5.74, 6) is -2.88. The summed E-state index contributed by atoms with van der Waals surface area (Å²) < 4.78 is 10.2. The molecule has 2 aromatic carbocycles. The molecule has 13 heteroatoms. The van der Waals surface area contributed by atoms with E-state index in [9.17, 15) is 29.6 Å². The summed E-state index contributed by atoms with van der Waals surface area (Å²) >= 11 is 0.816. The number of azo groups is 1. The number of rotatable bonds is 10. The number of thiophene rings is 1. The number of nitrogens with zero attached hydrogens (tertiary/aromatic N) is 3. The van der Waals surface area contributed by atoms with Crippen molar-refractivity contribution in [3.8, 4) is 0 Å². The second-order valence-electron chi connectivity index (χ2n) is 8.65. The van der Waals surface area contributed by atoms with Crippen LogP contribution in [0.4, 0.5) is 16.4 Å². The number of ether oxygens (including phenoxy) is 2. The van der Waals surface area contributed by atoms with Crippen LogP contribution in [0, 0.1) is 30.9 Å². The molecule has 41 heavy (non-hydrogen) atoms. The van der Waals surface area contributed by atoms with Crippen molar-refractivity contribution in [1.29, 1.82) is 0 Å². The lowest BCUT2D eigenvalue weighted by Crippen LogP contribution is -2.15. The third kappa shape index (κ3) is 7.19. The van der Waals surface area contributed by atoms with Crippen LogP contribution in [-0.4, -0.2) is 41.1 Å². The lowest BCUT2D eigenvalue weighted by atomic mass is 10.1. The SMILES string of the molecule is CCOC(=O)c1sc(N=NC(C(=O)Nc2ccc(C)cc2C)=C(O)c2ccc([N+](=O)[O-])cc2)c(C(=O)OCC)c1C. The second kappa shape index (κ2) is 13.4. The molecule has 2 N–H and O–H groups in total. The minimum absolute atomic E-state index is 0.0346. The summed E-state index contributed by atoms with van der Waals surface area (Å²) in [7, 11) is 0. The van der Waals surface area contributed by atoms with E-state index in [2.05, 4.69) is 15.5 Å². The average molecular weight is 581 g/mol. The van der Waals surface area contributed by atoms with Gasteiger partial charge < -0.3 is 19.9 Å². The van der Waals surface area contributed by atoms with E-state index in [4.69, 9.17) is 9.47 Å². The predicted octanol–water partition coefficient (Wildman–Crippen LogP) is 6.58. The first-order valence-corrected chi connectivity index (χ1v) is 13.3. The van der Waals surface area contributed by atoms with Crippen molar-refractivity contribution in [3.05, 3.63) is 91.0 Å². The molecule has 1 aromatic heterocycles. The molecule has 0 aliphatic rings. The van der Waals surface area contributed by atoms with Crippen LogP contribution >= 0.6 is 11.3 Å². The van der Waals surface area contributed by atoms with Crippen LogP contribution in [0.2, 0.25) is 0 Å². The Bertz CT molecular complexity index is 1560. The van der Waals surface area contributed by atoms with Gasteiger partial charge in [0.25, 0.3) is 11.6 Å². The van der Waals surface area contributed by atoms with Crippen LogP contribution in [0.15, 0.2) is 58.4 Å². The van der Waals surface area contributed by atoms with Gasteiger partial charge in [-0.2, -0.15) is 0 Å². The van der Waals surface area contributed by atoms with Gasteiger partial charge in [-0.25, -0.2) is 9.59 Å². The maximum Gasteiger partial charge on any atom is 0.348 e. The quantitative estimate of drug-likeness (QED) is 0.0676. The van der Waals surface area contributed by atoms with Gasteiger partial charge in [0.1, 0.15) is 10.4 Å². The van der Waals surface area contributed by atoms with Gasteiger partial charge in [-0.05, 0) is 63.9 Å². The molecule has 0 saturated carbocycles. The fourth-order valence-electron chi connectivity index (χ4n) is 3.71. The molecule has 1 amide bonds. The minimum Gasteiger partial charge on any atom is -0.505 e. The maximum atomic E-state index is 13.4. The van der Waals surface area contributed by atoms with E-state index >= 15 is 0 Å². The highest BCUT2D eigenvalue weighted by Crippen LogP contribution is 2.37. The summed E-state index contributed by atoms with van der Waals surface area (Å²) in [6.45, 7) is 8.65. The highest BCUT2D eigenvalue weighted by Gasteiger charge is 2.27. The normalized spacial score (nSPS) is 11.6. The molecule has 0 atom stereocenters. The number of esters is 2. The average Bonchev–Trinajstić information content (AvgIpc) is 3.26. The number of hydrogen-bond donors (Lipinski definition) is 2. The van der Waals surface area contributed by atoms with Crippen molar-refractivity contribution in [2.75, 3.05) is 18.5 Å². The molecule has 0 aliphatic carbocycles. The number of hydrogen-bond acceptors (Lipinski definition) is 11. The standard InChI is InChI=1S/C28H28N4O8S/c1-6-39-27(35)21-17(5)24(28(36)40-7-2)41-26(21)31-30-22(23(33)18-9-11-19(12-10-18)32(37)38)25(34)29-20-13-8-15(3)14-16(20)4/h8-14,33H,6-7H2,1-5H3,(H,29,34). The van der Waals surface area contributed by atoms with Crippen molar-refractivity contribution in [3.63, 3.8) is 0 Å². The zero-order valence-corrected chi connectivity index (χ0v) is 23.8. The number of non-ortho nitro benzene ring substituents is 1. The Balaban J connectivity index is 2.15. The second-order valence-corrected chi connectivity index (χ2v) is 9.65. The fraction of sp³-hybridized carbons (Fsp3) is 0.250. The van der Waals surface area contributed by atoms with E-state index in [1.54, 1.807) is 32.9 Å². The Morgan fingerprint density at radius 1 is 1.00 bits per heavy atom. The smallest absolute Gasteiger partial charge is 0.348 e. The number of benzene rings is 2. The lowest BCUT2D eigenvalue weighted by Gasteiger charge is -2.10. The Kier molecular flexibility index (Phi) is 10.0. The third-order valence-corrected chi connectivity index (χ3v) is 6.89. The first-order valence-electron chi connectivity index (χ1n) is 12.4. The number of anilines is 1. The Hall–Kier alpha value is -4.91. The largest absolute Gasteiger partial charge is 0.505 e. The third-order valence-electron chi connectivity index (χ3n) is 5.73. The fourth-order valence-corrected chi connectivity index (χ4v) is 4.72. The molecule has 0 unspecified atom stereocenters. The highest BCUT2D eigenvalue weighted by molar-refractivity contribution is 7.18. The molecule has 1 heterocycles. The van der Waals surface area contributed by atoms with E-state index in [0.717, 1.165) is 34.6 Å². The van der Waals surface area contributed by atoms with Crippen molar-refractivity contribution < 1.29 is 33.9 Å². The molecule has 12 nitrogen and oxygen atoms in total. The van der Waals surface area contributed by atoms with E-state index in [-0.39, 0.29) is 45.5 Å². The number of carbonyl (C=O) groups excluding carboxylic acids is 3. The van der Waals surface area contributed by atoms with Crippen LogP contribution in [-0.2, 0) is 14.3 Å².